The lowest BCUT2D eigenvalue weighted by atomic mass is 9.87. The van der Waals surface area contributed by atoms with E-state index in [1.165, 1.54) is 6.20 Å². The van der Waals surface area contributed by atoms with E-state index in [1.54, 1.807) is 0 Å². The highest BCUT2D eigenvalue weighted by Gasteiger charge is 2.14. The Bertz CT molecular complexity index is 222. The summed E-state index contributed by atoms with van der Waals surface area (Å²) in [6.07, 6.45) is 0.900. The molecule has 0 spiro atoms. The quantitative estimate of drug-likeness (QED) is 0.354. The lowest BCUT2D eigenvalue weighted by molar-refractivity contribution is 0.520. The lowest BCUT2D eigenvalue weighted by Gasteiger charge is -2.17. The molecule has 0 saturated carbocycles. The molecule has 6 N–H and O–H groups in total. The molecule has 68 valence electrons. The molecule has 0 radical (unpaired) electrons. The van der Waals surface area contributed by atoms with Crippen LogP contribution >= 0.6 is 0 Å². The van der Waals surface area contributed by atoms with E-state index in [0.717, 1.165) is 5.57 Å². The first-order chi connectivity index (χ1) is 5.38. The molecule has 0 heterocycles. The summed E-state index contributed by atoms with van der Waals surface area (Å²) in [6, 6.07) is 0. The van der Waals surface area contributed by atoms with Gasteiger partial charge in [-0.15, -0.1) is 0 Å². The van der Waals surface area contributed by atoms with Crippen molar-refractivity contribution in [2.24, 2.45) is 22.6 Å². The van der Waals surface area contributed by atoms with Gasteiger partial charge in [-0.3, -0.25) is 0 Å². The summed E-state index contributed by atoms with van der Waals surface area (Å²) >= 11 is 0. The average Bonchev–Trinajstić information content (AvgIpc) is 1.85. The first-order valence-electron chi connectivity index (χ1n) is 3.83. The average molecular weight is 167 g/mol. The second kappa shape index (κ2) is 4.15. The largest absolute Gasteiger partial charge is 0.404 e. The van der Waals surface area contributed by atoms with E-state index < -0.39 is 6.17 Å². The SMILES string of the molecule is CC(C)(C)C(C#CC(N)N)=CN. The zero-order chi connectivity index (χ0) is 9.78. The van der Waals surface area contributed by atoms with Crippen LogP contribution in [0, 0.1) is 17.3 Å². The molecule has 0 saturated heterocycles. The van der Waals surface area contributed by atoms with Crippen LogP contribution in [0.5, 0.6) is 0 Å². The number of hydrogen-bond donors (Lipinski definition) is 3. The Hall–Kier alpha value is -0.980. The van der Waals surface area contributed by atoms with Gasteiger partial charge in [0.15, 0.2) is 0 Å². The summed E-state index contributed by atoms with van der Waals surface area (Å²) in [5.74, 6) is 5.51. The van der Waals surface area contributed by atoms with E-state index in [-0.39, 0.29) is 5.41 Å². The fourth-order valence-corrected chi connectivity index (χ4v) is 0.640. The predicted octanol–water partition coefficient (Wildman–Crippen LogP) is 0.122. The smallest absolute Gasteiger partial charge is 0.116 e. The molecule has 0 bridgehead atoms. The molecule has 0 aromatic carbocycles. The molecule has 0 fully saturated rings. The number of hydrogen-bond acceptors (Lipinski definition) is 3. The van der Waals surface area contributed by atoms with Gasteiger partial charge in [-0.05, 0) is 5.41 Å². The summed E-state index contributed by atoms with van der Waals surface area (Å²) in [5.41, 5.74) is 16.8. The van der Waals surface area contributed by atoms with Gasteiger partial charge < -0.3 is 17.2 Å². The van der Waals surface area contributed by atoms with Gasteiger partial charge in [0.25, 0.3) is 0 Å². The monoisotopic (exact) mass is 167 g/mol. The van der Waals surface area contributed by atoms with Crippen molar-refractivity contribution >= 4 is 0 Å². The van der Waals surface area contributed by atoms with E-state index in [9.17, 15) is 0 Å². The molecular weight excluding hydrogens is 150 g/mol. The maximum absolute atomic E-state index is 5.40. The van der Waals surface area contributed by atoms with Crippen molar-refractivity contribution < 1.29 is 0 Å². The molecule has 3 nitrogen and oxygen atoms in total. The maximum atomic E-state index is 5.40. The summed E-state index contributed by atoms with van der Waals surface area (Å²) in [7, 11) is 0. The topological polar surface area (TPSA) is 78.1 Å². The third kappa shape index (κ3) is 4.02. The van der Waals surface area contributed by atoms with Crippen LogP contribution in [-0.2, 0) is 0 Å². The Morgan fingerprint density at radius 2 is 1.83 bits per heavy atom. The van der Waals surface area contributed by atoms with E-state index in [2.05, 4.69) is 11.8 Å². The molecular formula is C9H17N3. The van der Waals surface area contributed by atoms with Crippen LogP contribution in [0.1, 0.15) is 20.8 Å². The van der Waals surface area contributed by atoms with Crippen LogP contribution < -0.4 is 17.2 Å². The molecule has 0 atom stereocenters. The molecule has 0 aromatic heterocycles. The molecule has 0 amide bonds. The van der Waals surface area contributed by atoms with Crippen LogP contribution in [0.3, 0.4) is 0 Å². The van der Waals surface area contributed by atoms with Gasteiger partial charge in [0.05, 0.1) is 0 Å². The molecule has 0 aliphatic rings. The van der Waals surface area contributed by atoms with Crippen molar-refractivity contribution in [3.05, 3.63) is 11.8 Å². The van der Waals surface area contributed by atoms with Gasteiger partial charge in [-0.25, -0.2) is 0 Å². The lowest BCUT2D eigenvalue weighted by Crippen LogP contribution is -2.28. The van der Waals surface area contributed by atoms with Crippen LogP contribution in [0.25, 0.3) is 0 Å². The summed E-state index contributed by atoms with van der Waals surface area (Å²) in [5, 5.41) is 0. The van der Waals surface area contributed by atoms with E-state index >= 15 is 0 Å². The molecule has 3 heteroatoms. The van der Waals surface area contributed by atoms with Crippen molar-refractivity contribution in [3.63, 3.8) is 0 Å². The molecule has 12 heavy (non-hydrogen) atoms. The zero-order valence-electron chi connectivity index (χ0n) is 7.89. The normalized spacial score (nSPS) is 12.7. The standard InChI is InChI=1S/C9H17N3/c1-9(2,3)7(6-10)4-5-8(11)12/h6,8H,10-12H2,1-3H3. The van der Waals surface area contributed by atoms with Crippen molar-refractivity contribution in [3.8, 4) is 11.8 Å². The molecule has 0 rings (SSSR count). The van der Waals surface area contributed by atoms with Crippen molar-refractivity contribution in [2.45, 2.75) is 26.9 Å². The van der Waals surface area contributed by atoms with Crippen LogP contribution in [-0.4, -0.2) is 6.17 Å². The van der Waals surface area contributed by atoms with Gasteiger partial charge in [-0.1, -0.05) is 32.6 Å². The fraction of sp³-hybridized carbons (Fsp3) is 0.556. The number of nitrogens with two attached hydrogens (primary N) is 3. The summed E-state index contributed by atoms with van der Waals surface area (Å²) < 4.78 is 0. The van der Waals surface area contributed by atoms with Gasteiger partial charge in [0.2, 0.25) is 0 Å². The third-order valence-corrected chi connectivity index (χ3v) is 1.35. The van der Waals surface area contributed by atoms with Crippen LogP contribution in [0.2, 0.25) is 0 Å². The second-order valence-corrected chi connectivity index (χ2v) is 3.63. The third-order valence-electron chi connectivity index (χ3n) is 1.35. The highest BCUT2D eigenvalue weighted by Crippen LogP contribution is 2.23. The van der Waals surface area contributed by atoms with Gasteiger partial charge in [0.1, 0.15) is 6.17 Å². The first kappa shape index (κ1) is 11.0. The van der Waals surface area contributed by atoms with E-state index in [1.807, 2.05) is 20.8 Å². The van der Waals surface area contributed by atoms with Crippen molar-refractivity contribution in [1.82, 2.24) is 0 Å². The predicted molar refractivity (Wildman–Crippen MR) is 51.7 cm³/mol. The van der Waals surface area contributed by atoms with Gasteiger partial charge in [-0.2, -0.15) is 0 Å². The Labute approximate surface area is 74.0 Å². The van der Waals surface area contributed by atoms with E-state index in [0.29, 0.717) is 0 Å². The molecule has 0 aromatic rings. The van der Waals surface area contributed by atoms with Crippen LogP contribution in [0.15, 0.2) is 11.8 Å². The number of allylic oxidation sites excluding steroid dienone is 1. The van der Waals surface area contributed by atoms with E-state index in [4.69, 9.17) is 17.2 Å². The van der Waals surface area contributed by atoms with Crippen molar-refractivity contribution in [1.29, 1.82) is 0 Å². The van der Waals surface area contributed by atoms with Gasteiger partial charge >= 0.3 is 0 Å². The van der Waals surface area contributed by atoms with Gasteiger partial charge in [0, 0.05) is 11.8 Å². The fourth-order valence-electron chi connectivity index (χ4n) is 0.640. The Morgan fingerprint density at radius 3 is 2.08 bits per heavy atom. The summed E-state index contributed by atoms with van der Waals surface area (Å²) in [4.78, 5) is 0. The molecule has 0 aliphatic carbocycles. The Kier molecular flexibility index (Phi) is 3.81. The molecule has 0 unspecified atom stereocenters. The summed E-state index contributed by atoms with van der Waals surface area (Å²) in [6.45, 7) is 6.09. The minimum atomic E-state index is -0.595. The van der Waals surface area contributed by atoms with Crippen molar-refractivity contribution in [2.75, 3.05) is 0 Å². The Morgan fingerprint density at radius 1 is 1.33 bits per heavy atom. The maximum Gasteiger partial charge on any atom is 0.116 e. The second-order valence-electron chi connectivity index (χ2n) is 3.63. The number of rotatable bonds is 0. The highest BCUT2D eigenvalue weighted by atomic mass is 14.8. The zero-order valence-corrected chi connectivity index (χ0v) is 7.89. The highest BCUT2D eigenvalue weighted by molar-refractivity contribution is 5.33. The minimum Gasteiger partial charge on any atom is -0.404 e. The van der Waals surface area contributed by atoms with Crippen LogP contribution in [0.4, 0.5) is 0 Å². The Balaban J connectivity index is 4.56. The minimum absolute atomic E-state index is 0.0450. The molecule has 0 aliphatic heterocycles. The first-order valence-corrected chi connectivity index (χ1v) is 3.83.